The number of aromatic nitrogens is 1. The van der Waals surface area contributed by atoms with Crippen molar-refractivity contribution in [3.63, 3.8) is 0 Å². The Morgan fingerprint density at radius 1 is 1.08 bits per heavy atom. The molecule has 0 aliphatic carbocycles. The largest absolute Gasteiger partial charge is 0.462 e. The highest BCUT2D eigenvalue weighted by Crippen LogP contribution is 2.35. The third-order valence-electron chi connectivity index (χ3n) is 6.48. The summed E-state index contributed by atoms with van der Waals surface area (Å²) in [5.41, 5.74) is 11.8. The Bertz CT molecular complexity index is 1470. The first-order chi connectivity index (χ1) is 18.0. The smallest absolute Gasteiger partial charge is 0.323 e. The van der Waals surface area contributed by atoms with Crippen molar-refractivity contribution in [2.24, 2.45) is 0 Å². The minimum absolute atomic E-state index is 0.305. The van der Waals surface area contributed by atoms with Crippen LogP contribution in [0.15, 0.2) is 65.4 Å². The number of nitrogen functional groups attached to an aromatic ring is 1. The molecule has 2 aromatic carbocycles. The van der Waals surface area contributed by atoms with Crippen molar-refractivity contribution in [3.8, 4) is 23.0 Å². The number of urea groups is 1. The van der Waals surface area contributed by atoms with Crippen molar-refractivity contribution < 1.29 is 9.21 Å². The van der Waals surface area contributed by atoms with Crippen LogP contribution >= 0.6 is 0 Å². The molecule has 1 saturated heterocycles. The number of fused-ring (bicyclic) bond motifs is 1. The summed E-state index contributed by atoms with van der Waals surface area (Å²) in [7, 11) is 2.14. The van der Waals surface area contributed by atoms with E-state index in [1.165, 1.54) is 0 Å². The van der Waals surface area contributed by atoms with Gasteiger partial charge in [0, 0.05) is 49.3 Å². The third kappa shape index (κ3) is 5.75. The molecule has 8 nitrogen and oxygen atoms in total. The molecular formula is C29H30N6O2. The van der Waals surface area contributed by atoms with Gasteiger partial charge in [0.25, 0.3) is 0 Å². The summed E-state index contributed by atoms with van der Waals surface area (Å²) in [6, 6.07) is 14.9. The number of nitrogens with zero attached hydrogens (tertiary/aromatic N) is 3. The van der Waals surface area contributed by atoms with Crippen LogP contribution in [0.2, 0.25) is 0 Å². The fourth-order valence-electron chi connectivity index (χ4n) is 4.37. The zero-order valence-corrected chi connectivity index (χ0v) is 21.0. The first-order valence-corrected chi connectivity index (χ1v) is 12.3. The molecule has 4 aromatic rings. The monoisotopic (exact) mass is 494 g/mol. The maximum Gasteiger partial charge on any atom is 0.323 e. The van der Waals surface area contributed by atoms with Crippen LogP contribution in [-0.2, 0) is 0 Å². The van der Waals surface area contributed by atoms with E-state index in [2.05, 4.69) is 44.3 Å². The van der Waals surface area contributed by atoms with Crippen molar-refractivity contribution in [2.75, 3.05) is 56.1 Å². The van der Waals surface area contributed by atoms with E-state index in [0.717, 1.165) is 59.5 Å². The Hall–Kier alpha value is -4.32. The van der Waals surface area contributed by atoms with E-state index in [9.17, 15) is 4.79 Å². The summed E-state index contributed by atoms with van der Waals surface area (Å²) in [6.45, 7) is 6.84. The lowest BCUT2D eigenvalue weighted by atomic mass is 10.0. The lowest BCUT2D eigenvalue weighted by molar-refractivity contribution is 0.168. The molecule has 0 radical (unpaired) electrons. The van der Waals surface area contributed by atoms with Gasteiger partial charge in [0.05, 0.1) is 23.8 Å². The molecule has 188 valence electrons. The number of aryl methyl sites for hydroxylation is 1. The second-order valence-electron chi connectivity index (χ2n) is 9.32. The van der Waals surface area contributed by atoms with E-state index in [1.54, 1.807) is 12.5 Å². The second-order valence-corrected chi connectivity index (χ2v) is 9.32. The minimum Gasteiger partial charge on any atom is -0.462 e. The van der Waals surface area contributed by atoms with Crippen LogP contribution in [0.25, 0.3) is 22.1 Å². The SMILES string of the molecule is Cc1cccc(NC(=O)Nc2ccc(-c3coc4c(C#CCN5CCN(C)CC5)cnc(N)c34)cc2)c1. The molecular weight excluding hydrogens is 464 g/mol. The lowest BCUT2D eigenvalue weighted by Crippen LogP contribution is -2.44. The molecule has 0 atom stereocenters. The topological polar surface area (TPSA) is 99.7 Å². The Morgan fingerprint density at radius 2 is 1.84 bits per heavy atom. The molecule has 0 spiro atoms. The highest BCUT2D eigenvalue weighted by atomic mass is 16.3. The molecule has 4 N–H and O–H groups in total. The summed E-state index contributed by atoms with van der Waals surface area (Å²) >= 11 is 0. The van der Waals surface area contributed by atoms with Crippen LogP contribution < -0.4 is 16.4 Å². The number of carbonyl (C=O) groups excluding carboxylic acids is 1. The first-order valence-electron chi connectivity index (χ1n) is 12.3. The Morgan fingerprint density at radius 3 is 2.59 bits per heavy atom. The number of anilines is 3. The molecule has 0 unspecified atom stereocenters. The summed E-state index contributed by atoms with van der Waals surface area (Å²) in [5, 5.41) is 6.44. The zero-order valence-electron chi connectivity index (χ0n) is 21.0. The van der Waals surface area contributed by atoms with Gasteiger partial charge in [-0.2, -0.15) is 0 Å². The Labute approximate surface area is 216 Å². The second kappa shape index (κ2) is 10.7. The number of nitrogens with two attached hydrogens (primary N) is 1. The van der Waals surface area contributed by atoms with Gasteiger partial charge in [0.2, 0.25) is 0 Å². The van der Waals surface area contributed by atoms with Crippen LogP contribution in [0.5, 0.6) is 0 Å². The van der Waals surface area contributed by atoms with E-state index in [1.807, 2.05) is 55.5 Å². The maximum absolute atomic E-state index is 12.4. The fraction of sp³-hybridized carbons (Fsp3) is 0.241. The Kier molecular flexibility index (Phi) is 7.08. The summed E-state index contributed by atoms with van der Waals surface area (Å²) < 4.78 is 5.92. The minimum atomic E-state index is -0.305. The molecule has 1 fully saturated rings. The standard InChI is InChI=1S/C29H30N6O2/c1-20-5-3-7-24(17-20)33-29(36)32-23-10-8-21(9-11-23)25-19-37-27-22(18-31-28(30)26(25)27)6-4-12-35-15-13-34(2)14-16-35/h3,5,7-11,17-19H,12-16H2,1-2H3,(H2,30,31)(H2,32,33,36). The van der Waals surface area contributed by atoms with Crippen molar-refractivity contribution in [3.05, 3.63) is 72.1 Å². The van der Waals surface area contributed by atoms with Crippen molar-refractivity contribution in [1.82, 2.24) is 14.8 Å². The average Bonchev–Trinajstić information content (AvgIpc) is 3.33. The van der Waals surface area contributed by atoms with Crippen LogP contribution in [0.4, 0.5) is 22.0 Å². The van der Waals surface area contributed by atoms with Gasteiger partial charge in [-0.3, -0.25) is 4.90 Å². The maximum atomic E-state index is 12.4. The first kappa shape index (κ1) is 24.4. The van der Waals surface area contributed by atoms with Gasteiger partial charge in [-0.1, -0.05) is 36.1 Å². The third-order valence-corrected chi connectivity index (χ3v) is 6.48. The molecule has 2 amide bonds. The van der Waals surface area contributed by atoms with Crippen molar-refractivity contribution in [1.29, 1.82) is 0 Å². The van der Waals surface area contributed by atoms with E-state index >= 15 is 0 Å². The number of pyridine rings is 1. The number of nitrogens with one attached hydrogen (secondary N) is 2. The number of hydrogen-bond acceptors (Lipinski definition) is 6. The number of furan rings is 1. The van der Waals surface area contributed by atoms with E-state index in [0.29, 0.717) is 23.6 Å². The molecule has 5 rings (SSSR count). The number of amides is 2. The lowest BCUT2D eigenvalue weighted by Gasteiger charge is -2.30. The summed E-state index contributed by atoms with van der Waals surface area (Å²) in [4.78, 5) is 21.4. The molecule has 0 bridgehead atoms. The molecule has 1 aliphatic rings. The van der Waals surface area contributed by atoms with Crippen LogP contribution in [-0.4, -0.2) is 60.6 Å². The van der Waals surface area contributed by atoms with E-state index < -0.39 is 0 Å². The number of carbonyl (C=O) groups is 1. The van der Waals surface area contributed by atoms with Gasteiger partial charge < -0.3 is 25.7 Å². The van der Waals surface area contributed by atoms with Crippen LogP contribution in [0.3, 0.4) is 0 Å². The predicted octanol–water partition coefficient (Wildman–Crippen LogP) is 4.63. The zero-order chi connectivity index (χ0) is 25.8. The quantitative estimate of drug-likeness (QED) is 0.358. The molecule has 3 heterocycles. The van der Waals surface area contributed by atoms with Crippen LogP contribution in [0, 0.1) is 18.8 Å². The summed E-state index contributed by atoms with van der Waals surface area (Å²) in [6.07, 6.45) is 3.35. The van der Waals surface area contributed by atoms with Gasteiger partial charge in [0.1, 0.15) is 5.82 Å². The molecule has 1 aliphatic heterocycles. The number of likely N-dealkylation sites (N-methyl/N-ethyl adjacent to an activating group) is 1. The molecule has 2 aromatic heterocycles. The number of hydrogen-bond donors (Lipinski definition) is 3. The predicted molar refractivity (Wildman–Crippen MR) is 148 cm³/mol. The van der Waals surface area contributed by atoms with Crippen molar-refractivity contribution in [2.45, 2.75) is 6.92 Å². The average molecular weight is 495 g/mol. The molecule has 37 heavy (non-hydrogen) atoms. The normalized spacial score (nSPS) is 14.2. The van der Waals surface area contributed by atoms with Gasteiger partial charge >= 0.3 is 6.03 Å². The van der Waals surface area contributed by atoms with E-state index in [4.69, 9.17) is 10.2 Å². The van der Waals surface area contributed by atoms with Crippen molar-refractivity contribution >= 4 is 34.2 Å². The number of piperazine rings is 1. The Balaban J connectivity index is 1.30. The number of benzene rings is 2. The van der Waals surface area contributed by atoms with Gasteiger partial charge in [-0.05, 0) is 49.4 Å². The highest BCUT2D eigenvalue weighted by Gasteiger charge is 2.16. The van der Waals surface area contributed by atoms with E-state index in [-0.39, 0.29) is 6.03 Å². The highest BCUT2D eigenvalue weighted by molar-refractivity contribution is 6.03. The van der Waals surface area contributed by atoms with Crippen LogP contribution in [0.1, 0.15) is 11.1 Å². The van der Waals surface area contributed by atoms with Gasteiger partial charge in [-0.15, -0.1) is 0 Å². The van der Waals surface area contributed by atoms with Gasteiger partial charge in [-0.25, -0.2) is 9.78 Å². The molecule has 0 saturated carbocycles. The molecule has 8 heteroatoms. The fourth-order valence-corrected chi connectivity index (χ4v) is 4.37. The number of rotatable bonds is 4. The summed E-state index contributed by atoms with van der Waals surface area (Å²) in [5.74, 6) is 6.88. The van der Waals surface area contributed by atoms with Gasteiger partial charge in [0.15, 0.2) is 5.58 Å².